The minimum Gasteiger partial charge on any atom is -0.361 e. The number of allylic oxidation sites excluding steroid dienone is 10. The first-order chi connectivity index (χ1) is 17.8. The van der Waals surface area contributed by atoms with E-state index in [0.29, 0.717) is 0 Å². The first-order valence-electron chi connectivity index (χ1n) is 11.8. The van der Waals surface area contributed by atoms with Crippen LogP contribution in [-0.2, 0) is 0 Å². The fourth-order valence-electron chi connectivity index (χ4n) is 4.17. The number of hydrogen-bond acceptors (Lipinski definition) is 3. The van der Waals surface area contributed by atoms with Gasteiger partial charge in [0.1, 0.15) is 5.69 Å². The van der Waals surface area contributed by atoms with Gasteiger partial charge in [0, 0.05) is 29.3 Å². The lowest BCUT2D eigenvalue weighted by molar-refractivity contribution is 1.08. The molecule has 0 bridgehead atoms. The number of rotatable bonds is 6. The molecule has 2 N–H and O–H groups in total. The summed E-state index contributed by atoms with van der Waals surface area (Å²) in [6.45, 7) is 0. The van der Waals surface area contributed by atoms with E-state index in [1.165, 1.54) is 11.1 Å². The zero-order valence-electron chi connectivity index (χ0n) is 19.5. The third-order valence-corrected chi connectivity index (χ3v) is 6.05. The molecule has 2 aromatic heterocycles. The lowest BCUT2D eigenvalue weighted by Crippen LogP contribution is -1.79. The average Bonchev–Trinajstić information content (AvgIpc) is 3.71. The van der Waals surface area contributed by atoms with Crippen molar-refractivity contribution in [2.75, 3.05) is 0 Å². The quantitative estimate of drug-likeness (QED) is 0.322. The number of nitrogens with one attached hydrogen (secondary N) is 2. The van der Waals surface area contributed by atoms with E-state index >= 15 is 0 Å². The van der Waals surface area contributed by atoms with Crippen LogP contribution in [0.3, 0.4) is 0 Å². The summed E-state index contributed by atoms with van der Waals surface area (Å²) in [6.07, 6.45) is 34.6. The van der Waals surface area contributed by atoms with Gasteiger partial charge < -0.3 is 9.97 Å². The zero-order chi connectivity index (χ0) is 24.2. The second-order valence-corrected chi connectivity index (χ2v) is 8.49. The van der Waals surface area contributed by atoms with Gasteiger partial charge in [-0.05, 0) is 83.0 Å². The van der Waals surface area contributed by atoms with E-state index in [-0.39, 0.29) is 0 Å². The fraction of sp³-hybridized carbons (Fsp3) is 0. The molecule has 172 valence electrons. The molecular weight excluding hydrogens is 442 g/mol. The van der Waals surface area contributed by atoms with Crippen LogP contribution in [0.15, 0.2) is 103 Å². The maximum absolute atomic E-state index is 4.60. The monoisotopic (exact) mass is 465 g/mol. The molecule has 2 aliphatic carbocycles. The van der Waals surface area contributed by atoms with Gasteiger partial charge in [0.05, 0.1) is 17.6 Å². The largest absolute Gasteiger partial charge is 0.361 e. The van der Waals surface area contributed by atoms with E-state index in [4.69, 9.17) is 0 Å². The van der Waals surface area contributed by atoms with Crippen LogP contribution >= 0.6 is 0 Å². The Bertz CT molecular complexity index is 1600. The predicted molar refractivity (Wildman–Crippen MR) is 148 cm³/mol. The molecule has 0 unspecified atom stereocenters. The van der Waals surface area contributed by atoms with E-state index in [9.17, 15) is 0 Å². The van der Waals surface area contributed by atoms with Gasteiger partial charge in [-0.2, -0.15) is 0 Å². The molecule has 0 atom stereocenters. The highest BCUT2D eigenvalue weighted by molar-refractivity contribution is 5.81. The van der Waals surface area contributed by atoms with Crippen molar-refractivity contribution in [2.24, 2.45) is 0 Å². The summed E-state index contributed by atoms with van der Waals surface area (Å²) >= 11 is 0. The molecule has 5 nitrogen and oxygen atoms in total. The van der Waals surface area contributed by atoms with Crippen LogP contribution < -0.4 is 0 Å². The Kier molecular flexibility index (Phi) is 5.78. The van der Waals surface area contributed by atoms with Crippen LogP contribution in [-0.4, -0.2) is 25.1 Å². The maximum atomic E-state index is 4.60. The Labute approximate surface area is 209 Å². The second-order valence-electron chi connectivity index (χ2n) is 8.49. The van der Waals surface area contributed by atoms with Crippen LogP contribution in [0.25, 0.3) is 47.7 Å². The summed E-state index contributed by atoms with van der Waals surface area (Å²) in [7, 11) is 0. The Morgan fingerprint density at radius 3 is 1.86 bits per heavy atom. The van der Waals surface area contributed by atoms with Crippen LogP contribution in [0.4, 0.5) is 0 Å². The maximum Gasteiger partial charge on any atom is 0.113 e. The van der Waals surface area contributed by atoms with Crippen molar-refractivity contribution in [1.82, 2.24) is 25.1 Å². The number of H-pyrrole nitrogens is 2. The molecule has 2 aromatic rings. The van der Waals surface area contributed by atoms with Crippen molar-refractivity contribution in [2.45, 2.75) is 0 Å². The first-order valence-corrected chi connectivity index (χ1v) is 11.8. The number of hydrogen-bond donors (Lipinski definition) is 2. The van der Waals surface area contributed by atoms with Crippen LogP contribution in [0.1, 0.15) is 33.9 Å². The summed E-state index contributed by atoms with van der Waals surface area (Å²) < 4.78 is 0. The molecule has 4 aliphatic rings. The third-order valence-electron chi connectivity index (χ3n) is 6.05. The molecule has 5 heteroatoms. The van der Waals surface area contributed by atoms with E-state index in [1.54, 1.807) is 6.20 Å². The summed E-state index contributed by atoms with van der Waals surface area (Å²) in [5.74, 6) is 0. The second kappa shape index (κ2) is 9.68. The molecule has 0 fully saturated rings. The molecule has 2 aliphatic heterocycles. The van der Waals surface area contributed by atoms with Gasteiger partial charge in [-0.1, -0.05) is 48.6 Å². The normalized spacial score (nSPS) is 14.4. The molecule has 0 saturated carbocycles. The molecule has 0 spiro atoms. The summed E-state index contributed by atoms with van der Waals surface area (Å²) in [6, 6.07) is 8.16. The van der Waals surface area contributed by atoms with Crippen LogP contribution in [0.5, 0.6) is 0 Å². The van der Waals surface area contributed by atoms with Crippen molar-refractivity contribution in [3.63, 3.8) is 0 Å². The lowest BCUT2D eigenvalue weighted by Gasteiger charge is -1.95. The van der Waals surface area contributed by atoms with Gasteiger partial charge in [-0.15, -0.1) is 10.2 Å². The fourth-order valence-corrected chi connectivity index (χ4v) is 4.17. The van der Waals surface area contributed by atoms with Crippen LogP contribution in [0, 0.1) is 0 Å². The Morgan fingerprint density at radius 2 is 1.22 bits per heavy atom. The highest BCUT2D eigenvalue weighted by atomic mass is 15.1. The molecule has 0 radical (unpaired) electrons. The molecule has 0 saturated heterocycles. The van der Waals surface area contributed by atoms with E-state index < -0.39 is 0 Å². The Morgan fingerprint density at radius 1 is 0.611 bits per heavy atom. The van der Waals surface area contributed by atoms with Gasteiger partial charge in [-0.3, -0.25) is 4.98 Å². The van der Waals surface area contributed by atoms with Crippen molar-refractivity contribution < 1.29 is 0 Å². The average molecular weight is 466 g/mol. The summed E-state index contributed by atoms with van der Waals surface area (Å²) in [4.78, 5) is 11.2. The zero-order valence-corrected chi connectivity index (χ0v) is 19.5. The minimum atomic E-state index is 0.759. The van der Waals surface area contributed by atoms with Crippen molar-refractivity contribution in [3.05, 3.63) is 137 Å². The van der Waals surface area contributed by atoms with Crippen LogP contribution in [0.2, 0.25) is 0 Å². The smallest absolute Gasteiger partial charge is 0.113 e. The first kappa shape index (κ1) is 21.5. The van der Waals surface area contributed by atoms with E-state index in [2.05, 4.69) is 73.7 Å². The van der Waals surface area contributed by atoms with Crippen molar-refractivity contribution >= 4 is 36.5 Å². The lowest BCUT2D eigenvalue weighted by atomic mass is 10.1. The van der Waals surface area contributed by atoms with Gasteiger partial charge in [-0.25, -0.2) is 0 Å². The molecular formula is C31H23N5. The number of fused-ring (bicyclic) bond motifs is 1. The molecule has 0 aromatic carbocycles. The molecule has 36 heavy (non-hydrogen) atoms. The highest BCUT2D eigenvalue weighted by Gasteiger charge is 2.11. The number of aromatic nitrogens is 5. The van der Waals surface area contributed by atoms with E-state index in [0.717, 1.165) is 45.2 Å². The number of aromatic amines is 2. The Hall–Kier alpha value is -5.03. The SMILES string of the molecule is C1=CC(=Cc2cc[nH]c2/C=C/c2ccc3c(/C=C/c4[nH]ccc4C=C4C=CC=C4)nnc-3cn2)C=C1. The standard InChI is InChI=1S/C31H23N5/c1-2-6-22(5-1)19-24-15-17-32-28(24)12-10-26-9-11-27-30(35-36-31(27)21-34-26)14-13-29-25(16-18-33-29)20-23-7-3-4-8-23/h1-21,32-33H/b12-10+,14-13+. The van der Waals surface area contributed by atoms with E-state index in [1.807, 2.05) is 73.1 Å². The topological polar surface area (TPSA) is 70.2 Å². The van der Waals surface area contributed by atoms with Gasteiger partial charge in [0.2, 0.25) is 0 Å². The van der Waals surface area contributed by atoms with Gasteiger partial charge >= 0.3 is 0 Å². The highest BCUT2D eigenvalue weighted by Crippen LogP contribution is 2.25. The van der Waals surface area contributed by atoms with Crippen molar-refractivity contribution in [3.8, 4) is 11.3 Å². The number of nitrogens with zero attached hydrogens (tertiary/aromatic N) is 3. The Balaban J connectivity index is 1.23. The molecule has 6 rings (SSSR count). The minimum absolute atomic E-state index is 0.759. The predicted octanol–water partition coefficient (Wildman–Crippen LogP) is 6.99. The third kappa shape index (κ3) is 4.63. The summed E-state index contributed by atoms with van der Waals surface area (Å²) in [5, 5.41) is 8.69. The molecule has 0 amide bonds. The van der Waals surface area contributed by atoms with Gasteiger partial charge in [0.15, 0.2) is 0 Å². The molecule has 4 heterocycles. The van der Waals surface area contributed by atoms with Crippen molar-refractivity contribution in [1.29, 1.82) is 0 Å². The summed E-state index contributed by atoms with van der Waals surface area (Å²) in [5.41, 5.74) is 10.0. The van der Waals surface area contributed by atoms with Gasteiger partial charge in [0.25, 0.3) is 0 Å².